The molecule has 1 heterocycles. The highest BCUT2D eigenvalue weighted by Gasteiger charge is 2.23. The fourth-order valence-corrected chi connectivity index (χ4v) is 3.66. The fourth-order valence-electron chi connectivity index (χ4n) is 2.51. The standard InChI is InChI=1S/C20H21NO6S/c1-4-15-12(3)17(20(25)26-5-2)18(28-15)21-16(23)11-27-19(24)14-8-6-13(10-22)7-9-14/h6-10H,4-5,11H2,1-3H3,(H,21,23). The lowest BCUT2D eigenvalue weighted by molar-refractivity contribution is -0.119. The third-order valence-electron chi connectivity index (χ3n) is 3.92. The van der Waals surface area contributed by atoms with Crippen molar-refractivity contribution >= 4 is 40.5 Å². The number of ether oxygens (including phenoxy) is 2. The van der Waals surface area contributed by atoms with Crippen LogP contribution in [0.5, 0.6) is 0 Å². The maximum atomic E-state index is 12.2. The largest absolute Gasteiger partial charge is 0.462 e. The number of benzene rings is 1. The molecule has 0 aliphatic heterocycles. The molecule has 148 valence electrons. The predicted molar refractivity (Wildman–Crippen MR) is 105 cm³/mol. The van der Waals surface area contributed by atoms with Crippen LogP contribution in [-0.2, 0) is 20.7 Å². The predicted octanol–water partition coefficient (Wildman–Crippen LogP) is 3.40. The number of carbonyl (C=O) groups excluding carboxylic acids is 4. The van der Waals surface area contributed by atoms with Crippen LogP contribution in [0.3, 0.4) is 0 Å². The first-order chi connectivity index (χ1) is 13.4. The molecule has 0 saturated heterocycles. The molecule has 0 aliphatic rings. The Morgan fingerprint density at radius 3 is 2.32 bits per heavy atom. The van der Waals surface area contributed by atoms with Crippen LogP contribution in [0.4, 0.5) is 5.00 Å². The summed E-state index contributed by atoms with van der Waals surface area (Å²) in [5.74, 6) is -1.75. The second kappa shape index (κ2) is 9.80. The third kappa shape index (κ3) is 5.04. The van der Waals surface area contributed by atoms with Crippen LogP contribution in [0.2, 0.25) is 0 Å². The highest BCUT2D eigenvalue weighted by atomic mass is 32.1. The molecular formula is C20H21NO6S. The van der Waals surface area contributed by atoms with Gasteiger partial charge >= 0.3 is 11.9 Å². The van der Waals surface area contributed by atoms with Gasteiger partial charge in [0.1, 0.15) is 11.3 Å². The van der Waals surface area contributed by atoms with Gasteiger partial charge in [-0.1, -0.05) is 19.1 Å². The number of esters is 2. The minimum absolute atomic E-state index is 0.226. The molecule has 1 N–H and O–H groups in total. The van der Waals surface area contributed by atoms with E-state index in [0.717, 1.165) is 10.4 Å². The molecule has 0 radical (unpaired) electrons. The van der Waals surface area contributed by atoms with Crippen molar-refractivity contribution in [2.75, 3.05) is 18.5 Å². The second-order valence-corrected chi connectivity index (χ2v) is 6.90. The van der Waals surface area contributed by atoms with Gasteiger partial charge in [-0.25, -0.2) is 9.59 Å². The van der Waals surface area contributed by atoms with Crippen molar-refractivity contribution in [2.24, 2.45) is 0 Å². The Bertz CT molecular complexity index is 885. The van der Waals surface area contributed by atoms with E-state index in [-0.39, 0.29) is 12.2 Å². The summed E-state index contributed by atoms with van der Waals surface area (Å²) in [6.07, 6.45) is 1.38. The number of aldehydes is 1. The summed E-state index contributed by atoms with van der Waals surface area (Å²) in [6, 6.07) is 5.85. The van der Waals surface area contributed by atoms with Gasteiger partial charge in [-0.15, -0.1) is 11.3 Å². The lowest BCUT2D eigenvalue weighted by Crippen LogP contribution is -2.21. The van der Waals surface area contributed by atoms with Crippen LogP contribution in [0.15, 0.2) is 24.3 Å². The van der Waals surface area contributed by atoms with Crippen molar-refractivity contribution in [3.8, 4) is 0 Å². The molecule has 2 rings (SSSR count). The zero-order valence-electron chi connectivity index (χ0n) is 15.9. The third-order valence-corrected chi connectivity index (χ3v) is 5.27. The number of rotatable bonds is 8. The highest BCUT2D eigenvalue weighted by molar-refractivity contribution is 7.17. The molecule has 2 aromatic rings. The van der Waals surface area contributed by atoms with Crippen LogP contribution in [-0.4, -0.2) is 37.3 Å². The maximum absolute atomic E-state index is 12.2. The molecule has 0 aliphatic carbocycles. The van der Waals surface area contributed by atoms with Crippen molar-refractivity contribution in [1.82, 2.24) is 0 Å². The molecule has 28 heavy (non-hydrogen) atoms. The lowest BCUT2D eigenvalue weighted by Gasteiger charge is -2.08. The van der Waals surface area contributed by atoms with Gasteiger partial charge in [0.25, 0.3) is 5.91 Å². The van der Waals surface area contributed by atoms with Crippen molar-refractivity contribution < 1.29 is 28.7 Å². The number of amides is 1. The average molecular weight is 403 g/mol. The smallest absolute Gasteiger partial charge is 0.341 e. The van der Waals surface area contributed by atoms with E-state index in [0.29, 0.717) is 28.8 Å². The normalized spacial score (nSPS) is 10.2. The van der Waals surface area contributed by atoms with Crippen LogP contribution in [0.25, 0.3) is 0 Å². The average Bonchev–Trinajstić information content (AvgIpc) is 3.01. The Kier molecular flexibility index (Phi) is 7.45. The Balaban J connectivity index is 2.05. The molecular weight excluding hydrogens is 382 g/mol. The van der Waals surface area contributed by atoms with Crippen molar-refractivity contribution in [3.63, 3.8) is 0 Å². The number of hydrogen-bond acceptors (Lipinski definition) is 7. The van der Waals surface area contributed by atoms with E-state index in [9.17, 15) is 19.2 Å². The van der Waals surface area contributed by atoms with Gasteiger partial charge in [-0.3, -0.25) is 9.59 Å². The molecule has 1 aromatic carbocycles. The first-order valence-electron chi connectivity index (χ1n) is 8.72. The van der Waals surface area contributed by atoms with Crippen LogP contribution < -0.4 is 5.32 Å². The number of anilines is 1. The van der Waals surface area contributed by atoms with Crippen LogP contribution >= 0.6 is 11.3 Å². The van der Waals surface area contributed by atoms with E-state index in [1.807, 2.05) is 6.92 Å². The molecule has 0 spiro atoms. The summed E-state index contributed by atoms with van der Waals surface area (Å²) in [5.41, 5.74) is 1.76. The Hall–Kier alpha value is -3.00. The molecule has 1 aromatic heterocycles. The summed E-state index contributed by atoms with van der Waals surface area (Å²) in [6.45, 7) is 5.19. The molecule has 8 heteroatoms. The minimum atomic E-state index is -0.685. The molecule has 0 saturated carbocycles. The Labute approximate surface area is 166 Å². The number of hydrogen-bond donors (Lipinski definition) is 1. The zero-order chi connectivity index (χ0) is 20.7. The molecule has 0 fully saturated rings. The van der Waals surface area contributed by atoms with E-state index in [4.69, 9.17) is 9.47 Å². The van der Waals surface area contributed by atoms with E-state index in [1.165, 1.54) is 35.6 Å². The lowest BCUT2D eigenvalue weighted by atomic mass is 10.1. The van der Waals surface area contributed by atoms with Crippen LogP contribution in [0, 0.1) is 6.92 Å². The van der Waals surface area contributed by atoms with E-state index >= 15 is 0 Å². The summed E-state index contributed by atoms with van der Waals surface area (Å²) < 4.78 is 10.1. The van der Waals surface area contributed by atoms with E-state index in [2.05, 4.69) is 5.32 Å². The van der Waals surface area contributed by atoms with E-state index in [1.54, 1.807) is 13.8 Å². The van der Waals surface area contributed by atoms with Crippen molar-refractivity contribution in [3.05, 3.63) is 51.4 Å². The fraction of sp³-hybridized carbons (Fsp3) is 0.300. The first kappa shape index (κ1) is 21.3. The Morgan fingerprint density at radius 1 is 1.07 bits per heavy atom. The molecule has 7 nitrogen and oxygen atoms in total. The summed E-state index contributed by atoms with van der Waals surface area (Å²) in [7, 11) is 0. The van der Waals surface area contributed by atoms with Gasteiger partial charge in [0.15, 0.2) is 6.61 Å². The van der Waals surface area contributed by atoms with Gasteiger partial charge in [0.05, 0.1) is 17.7 Å². The van der Waals surface area contributed by atoms with Crippen molar-refractivity contribution in [1.29, 1.82) is 0 Å². The summed E-state index contributed by atoms with van der Waals surface area (Å²) >= 11 is 1.30. The number of thiophene rings is 1. The molecule has 0 atom stereocenters. The zero-order valence-corrected chi connectivity index (χ0v) is 16.7. The van der Waals surface area contributed by atoms with Crippen LogP contribution in [0.1, 0.15) is 55.4 Å². The molecule has 0 bridgehead atoms. The minimum Gasteiger partial charge on any atom is -0.462 e. The second-order valence-electron chi connectivity index (χ2n) is 5.79. The maximum Gasteiger partial charge on any atom is 0.341 e. The van der Waals surface area contributed by atoms with Gasteiger partial charge in [-0.2, -0.15) is 0 Å². The SMILES string of the molecule is CCOC(=O)c1c(NC(=O)COC(=O)c2ccc(C=O)cc2)sc(CC)c1C. The van der Waals surface area contributed by atoms with Gasteiger partial charge in [-0.05, 0) is 38.0 Å². The molecule has 0 unspecified atom stereocenters. The quantitative estimate of drug-likeness (QED) is 0.536. The first-order valence-corrected chi connectivity index (χ1v) is 9.54. The molecule has 1 amide bonds. The van der Waals surface area contributed by atoms with Gasteiger partial charge < -0.3 is 14.8 Å². The monoisotopic (exact) mass is 403 g/mol. The number of nitrogens with one attached hydrogen (secondary N) is 1. The summed E-state index contributed by atoms with van der Waals surface area (Å²) in [5, 5.41) is 3.00. The van der Waals surface area contributed by atoms with Gasteiger partial charge in [0, 0.05) is 10.4 Å². The van der Waals surface area contributed by atoms with Crippen molar-refractivity contribution in [2.45, 2.75) is 27.2 Å². The van der Waals surface area contributed by atoms with E-state index < -0.39 is 24.5 Å². The van der Waals surface area contributed by atoms with Gasteiger partial charge in [0.2, 0.25) is 0 Å². The Morgan fingerprint density at radius 2 is 1.75 bits per heavy atom. The summed E-state index contributed by atoms with van der Waals surface area (Å²) in [4.78, 5) is 48.0. The highest BCUT2D eigenvalue weighted by Crippen LogP contribution is 2.34. The topological polar surface area (TPSA) is 98.8 Å². The number of aryl methyl sites for hydroxylation is 1. The number of carbonyl (C=O) groups is 4.